The minimum absolute atomic E-state index is 0. The Morgan fingerprint density at radius 2 is 1.95 bits per heavy atom. The third-order valence-corrected chi connectivity index (χ3v) is 3.90. The van der Waals surface area contributed by atoms with Crippen molar-refractivity contribution >= 4 is 30.8 Å². The van der Waals surface area contributed by atoms with E-state index in [-0.39, 0.29) is 36.7 Å². The quantitative estimate of drug-likeness (QED) is 0.808. The lowest BCUT2D eigenvalue weighted by molar-refractivity contribution is -0.150. The second-order valence-electron chi connectivity index (χ2n) is 5.07. The van der Waals surface area contributed by atoms with Crippen molar-refractivity contribution in [3.8, 4) is 0 Å². The summed E-state index contributed by atoms with van der Waals surface area (Å²) in [5.41, 5.74) is 0. The van der Waals surface area contributed by atoms with Crippen molar-refractivity contribution < 1.29 is 9.53 Å². The van der Waals surface area contributed by atoms with Gasteiger partial charge in [0.25, 0.3) is 0 Å². The van der Waals surface area contributed by atoms with Gasteiger partial charge in [-0.1, -0.05) is 0 Å². The van der Waals surface area contributed by atoms with E-state index < -0.39 is 0 Å². The number of likely N-dealkylation sites (tertiary alicyclic amines) is 1. The van der Waals surface area contributed by atoms with Gasteiger partial charge in [0.15, 0.2) is 0 Å². The summed E-state index contributed by atoms with van der Waals surface area (Å²) in [4.78, 5) is 14.3. The van der Waals surface area contributed by atoms with Crippen LogP contribution in [0.5, 0.6) is 0 Å². The van der Waals surface area contributed by atoms with Gasteiger partial charge >= 0.3 is 5.97 Å². The average molecular weight is 313 g/mol. The molecule has 2 aliphatic heterocycles. The topological polar surface area (TPSA) is 41.6 Å². The highest BCUT2D eigenvalue weighted by Gasteiger charge is 2.30. The number of nitrogens with one attached hydrogen (secondary N) is 1. The lowest BCUT2D eigenvalue weighted by Crippen LogP contribution is -2.48. The number of hydrogen-bond acceptors (Lipinski definition) is 4. The maximum Gasteiger partial charge on any atom is 0.310 e. The molecule has 114 valence electrons. The van der Waals surface area contributed by atoms with Crippen molar-refractivity contribution in [1.29, 1.82) is 0 Å². The van der Waals surface area contributed by atoms with Crippen LogP contribution < -0.4 is 5.32 Å². The molecule has 1 N–H and O–H groups in total. The zero-order chi connectivity index (χ0) is 12.1. The van der Waals surface area contributed by atoms with Gasteiger partial charge in [-0.25, -0.2) is 0 Å². The molecule has 1 unspecified atom stereocenters. The van der Waals surface area contributed by atoms with Gasteiger partial charge in [0.05, 0.1) is 12.5 Å². The van der Waals surface area contributed by atoms with Crippen LogP contribution >= 0.6 is 24.8 Å². The second kappa shape index (κ2) is 9.81. The molecular formula is C13H26Cl2N2O2. The molecule has 6 heteroatoms. The number of carbonyl (C=O) groups excluding carboxylic acids is 1. The van der Waals surface area contributed by atoms with Crippen LogP contribution in [-0.4, -0.2) is 49.7 Å². The first-order valence-corrected chi connectivity index (χ1v) is 6.92. The van der Waals surface area contributed by atoms with Crippen LogP contribution in [0.2, 0.25) is 0 Å². The van der Waals surface area contributed by atoms with Crippen molar-refractivity contribution in [2.75, 3.05) is 32.8 Å². The van der Waals surface area contributed by atoms with Crippen molar-refractivity contribution in [2.24, 2.45) is 5.92 Å². The Morgan fingerprint density at radius 3 is 2.58 bits per heavy atom. The van der Waals surface area contributed by atoms with Crippen LogP contribution in [0.1, 0.15) is 32.6 Å². The van der Waals surface area contributed by atoms with Gasteiger partial charge in [0.1, 0.15) is 0 Å². The highest BCUT2D eigenvalue weighted by atomic mass is 35.5. The van der Waals surface area contributed by atoms with Crippen LogP contribution in [0.3, 0.4) is 0 Å². The molecule has 0 bridgehead atoms. The first-order valence-electron chi connectivity index (χ1n) is 6.92. The van der Waals surface area contributed by atoms with Crippen molar-refractivity contribution in [3.05, 3.63) is 0 Å². The van der Waals surface area contributed by atoms with Gasteiger partial charge in [0.2, 0.25) is 0 Å². The Morgan fingerprint density at radius 1 is 1.26 bits per heavy atom. The minimum Gasteiger partial charge on any atom is -0.466 e. The van der Waals surface area contributed by atoms with Crippen LogP contribution in [0.15, 0.2) is 0 Å². The number of rotatable bonds is 3. The Hall–Kier alpha value is -0.0300. The van der Waals surface area contributed by atoms with Crippen LogP contribution in [0, 0.1) is 5.92 Å². The Kier molecular flexibility index (Phi) is 9.79. The molecule has 0 aromatic carbocycles. The number of ether oxygens (including phenoxy) is 1. The average Bonchev–Trinajstić information content (AvgIpc) is 2.40. The van der Waals surface area contributed by atoms with E-state index in [2.05, 4.69) is 10.2 Å². The van der Waals surface area contributed by atoms with Crippen LogP contribution in [-0.2, 0) is 9.53 Å². The van der Waals surface area contributed by atoms with Crippen molar-refractivity contribution in [1.82, 2.24) is 10.2 Å². The Bertz CT molecular complexity index is 261. The summed E-state index contributed by atoms with van der Waals surface area (Å²) in [6, 6.07) is 0.675. The Balaban J connectivity index is 0.00000162. The van der Waals surface area contributed by atoms with Gasteiger partial charge < -0.3 is 10.1 Å². The maximum atomic E-state index is 11.8. The van der Waals surface area contributed by atoms with E-state index in [0.717, 1.165) is 39.0 Å². The minimum atomic E-state index is 0. The summed E-state index contributed by atoms with van der Waals surface area (Å²) < 4.78 is 5.14. The van der Waals surface area contributed by atoms with Crippen molar-refractivity contribution in [3.63, 3.8) is 0 Å². The van der Waals surface area contributed by atoms with Crippen LogP contribution in [0.4, 0.5) is 0 Å². The van der Waals surface area contributed by atoms with E-state index in [1.54, 1.807) is 0 Å². The lowest BCUT2D eigenvalue weighted by Gasteiger charge is -2.39. The molecule has 0 spiro atoms. The zero-order valence-electron chi connectivity index (χ0n) is 11.6. The Labute approximate surface area is 128 Å². The summed E-state index contributed by atoms with van der Waals surface area (Å²) in [5.74, 6) is 0.115. The number of carbonyl (C=O) groups is 1. The summed E-state index contributed by atoms with van der Waals surface area (Å²) >= 11 is 0. The third-order valence-electron chi connectivity index (χ3n) is 3.90. The standard InChI is InChI=1S/C13H24N2O2.2ClH/c1-2-17-13(16)11-4-3-9-15(10-11)12-5-7-14-8-6-12;;/h11-12,14H,2-10H2,1H3;2*1H. The van der Waals surface area contributed by atoms with Gasteiger partial charge in [-0.15, -0.1) is 24.8 Å². The molecule has 19 heavy (non-hydrogen) atoms. The van der Waals surface area contributed by atoms with Crippen LogP contribution in [0.25, 0.3) is 0 Å². The second-order valence-corrected chi connectivity index (χ2v) is 5.07. The fourth-order valence-electron chi connectivity index (χ4n) is 2.96. The molecule has 4 nitrogen and oxygen atoms in total. The molecule has 2 rings (SSSR count). The van der Waals surface area contributed by atoms with Crippen molar-refractivity contribution in [2.45, 2.75) is 38.6 Å². The molecule has 2 aliphatic rings. The van der Waals surface area contributed by atoms with E-state index >= 15 is 0 Å². The predicted molar refractivity (Wildman–Crippen MR) is 81.3 cm³/mol. The number of hydrogen-bond donors (Lipinski definition) is 1. The first kappa shape index (κ1) is 19.0. The fraction of sp³-hybridized carbons (Fsp3) is 0.923. The zero-order valence-corrected chi connectivity index (χ0v) is 13.2. The molecular weight excluding hydrogens is 287 g/mol. The molecule has 0 aromatic heterocycles. The monoisotopic (exact) mass is 312 g/mol. The molecule has 0 amide bonds. The van der Waals surface area contributed by atoms with E-state index in [1.165, 1.54) is 12.8 Å². The van der Waals surface area contributed by atoms with E-state index in [4.69, 9.17) is 4.74 Å². The van der Waals surface area contributed by atoms with Gasteiger partial charge in [-0.3, -0.25) is 9.69 Å². The summed E-state index contributed by atoms with van der Waals surface area (Å²) in [6.45, 7) is 6.68. The number of halogens is 2. The van der Waals surface area contributed by atoms with Gasteiger partial charge in [-0.2, -0.15) is 0 Å². The number of piperidine rings is 2. The molecule has 2 saturated heterocycles. The lowest BCUT2D eigenvalue weighted by atomic mass is 9.94. The molecule has 2 fully saturated rings. The molecule has 0 aromatic rings. The van der Waals surface area contributed by atoms with Gasteiger partial charge in [-0.05, 0) is 52.2 Å². The molecule has 0 saturated carbocycles. The number of esters is 1. The third kappa shape index (κ3) is 5.46. The molecule has 0 radical (unpaired) electrons. The predicted octanol–water partition coefficient (Wildman–Crippen LogP) is 1.86. The highest BCUT2D eigenvalue weighted by Crippen LogP contribution is 2.22. The molecule has 2 heterocycles. The maximum absolute atomic E-state index is 11.8. The summed E-state index contributed by atoms with van der Waals surface area (Å²) in [7, 11) is 0. The summed E-state index contributed by atoms with van der Waals surface area (Å²) in [5, 5.41) is 3.39. The fourth-order valence-corrected chi connectivity index (χ4v) is 2.96. The first-order chi connectivity index (χ1) is 8.31. The van der Waals surface area contributed by atoms with E-state index in [1.807, 2.05) is 6.92 Å². The molecule has 0 aliphatic carbocycles. The largest absolute Gasteiger partial charge is 0.466 e. The smallest absolute Gasteiger partial charge is 0.310 e. The van der Waals surface area contributed by atoms with E-state index in [0.29, 0.717) is 12.6 Å². The normalized spacial score (nSPS) is 25.0. The van der Waals surface area contributed by atoms with E-state index in [9.17, 15) is 4.79 Å². The number of nitrogens with zero attached hydrogens (tertiary/aromatic N) is 1. The SMILES string of the molecule is CCOC(=O)C1CCCN(C2CCNCC2)C1.Cl.Cl. The van der Waals surface area contributed by atoms with Gasteiger partial charge in [0, 0.05) is 12.6 Å². The highest BCUT2D eigenvalue weighted by molar-refractivity contribution is 5.85. The summed E-state index contributed by atoms with van der Waals surface area (Å²) in [6.07, 6.45) is 4.57. The molecule has 1 atom stereocenters.